The van der Waals surface area contributed by atoms with Crippen LogP contribution in [0.3, 0.4) is 0 Å². The molecule has 218 valence electrons. The molecule has 0 spiro atoms. The first-order chi connectivity index (χ1) is 17.4. The minimum Gasteiger partial charge on any atom is -0.462 e. The minimum absolute atomic E-state index is 0.0162. The van der Waals surface area contributed by atoms with Gasteiger partial charge in [-0.1, -0.05) is 45.6 Å². The highest BCUT2D eigenvalue weighted by Gasteiger charge is 2.29. The first kappa shape index (κ1) is 35.5. The lowest BCUT2D eigenvalue weighted by molar-refractivity contribution is -0.147. The van der Waals surface area contributed by atoms with Gasteiger partial charge in [0.25, 0.3) is 0 Å². The van der Waals surface area contributed by atoms with Gasteiger partial charge in [-0.25, -0.2) is 9.36 Å². The molecular weight excluding hydrogens is 501 g/mol. The fraction of sp³-hybridized carbons (Fsp3) is 0.846. The molecule has 0 radical (unpaired) electrons. The minimum atomic E-state index is -3.86. The van der Waals surface area contributed by atoms with Crippen LogP contribution in [0, 0.1) is 0 Å². The quantitative estimate of drug-likeness (QED) is 0.0712. The number of hydrogen-bond acceptors (Lipinski definition) is 9. The normalized spacial score (nSPS) is 14.9. The van der Waals surface area contributed by atoms with E-state index >= 15 is 0 Å². The summed E-state index contributed by atoms with van der Waals surface area (Å²) in [5.74, 6) is -0.321. The lowest BCUT2D eigenvalue weighted by atomic mass is 10.1. The van der Waals surface area contributed by atoms with Crippen molar-refractivity contribution in [3.05, 3.63) is 12.7 Å². The third kappa shape index (κ3) is 21.2. The highest BCUT2D eigenvalue weighted by atomic mass is 31.2. The number of unbranched alkanes of at least 4 members (excludes halogenated alkanes) is 4. The molecule has 0 saturated carbocycles. The molecule has 1 amide bonds. The van der Waals surface area contributed by atoms with Crippen LogP contribution in [0.1, 0.15) is 92.9 Å². The number of rotatable bonds is 22. The van der Waals surface area contributed by atoms with Crippen LogP contribution in [-0.2, 0) is 37.1 Å². The van der Waals surface area contributed by atoms with Crippen molar-refractivity contribution < 1.29 is 41.9 Å². The summed E-state index contributed by atoms with van der Waals surface area (Å²) in [6, 6.07) is -0.693. The number of phosphoric acid groups is 1. The second-order valence-electron chi connectivity index (χ2n) is 9.80. The topological polar surface area (TPSA) is 119 Å². The van der Waals surface area contributed by atoms with Crippen LogP contribution in [0.4, 0.5) is 4.79 Å². The van der Waals surface area contributed by atoms with Crippen LogP contribution in [0.2, 0.25) is 0 Å². The summed E-state index contributed by atoms with van der Waals surface area (Å²) in [5.41, 5.74) is -0.697. The molecule has 0 aliphatic rings. The van der Waals surface area contributed by atoms with E-state index in [1.54, 1.807) is 20.8 Å². The molecule has 0 aliphatic heterocycles. The zero-order valence-electron chi connectivity index (χ0n) is 23.8. The van der Waals surface area contributed by atoms with Crippen molar-refractivity contribution in [1.29, 1.82) is 0 Å². The van der Waals surface area contributed by atoms with Crippen molar-refractivity contribution in [2.75, 3.05) is 33.0 Å². The molecule has 10 nitrogen and oxygen atoms in total. The summed E-state index contributed by atoms with van der Waals surface area (Å²) in [7, 11) is -3.86. The predicted octanol–water partition coefficient (Wildman–Crippen LogP) is 6.33. The van der Waals surface area contributed by atoms with Gasteiger partial charge in [0.05, 0.1) is 39.1 Å². The summed E-state index contributed by atoms with van der Waals surface area (Å²) >= 11 is 0. The lowest BCUT2D eigenvalue weighted by Crippen LogP contribution is -2.44. The van der Waals surface area contributed by atoms with Crippen LogP contribution < -0.4 is 5.32 Å². The Bertz CT molecular complexity index is 681. The molecule has 0 aromatic rings. The fourth-order valence-electron chi connectivity index (χ4n) is 3.16. The molecule has 3 atom stereocenters. The number of carbonyl (C=O) groups excluding carboxylic acids is 2. The van der Waals surface area contributed by atoms with Crippen molar-refractivity contribution in [1.82, 2.24) is 5.32 Å². The Hall–Kier alpha value is -1.45. The highest BCUT2D eigenvalue weighted by Crippen LogP contribution is 2.49. The number of esters is 1. The maximum Gasteiger partial charge on any atom is 0.475 e. The predicted molar refractivity (Wildman–Crippen MR) is 143 cm³/mol. The van der Waals surface area contributed by atoms with Gasteiger partial charge in [0, 0.05) is 13.3 Å². The van der Waals surface area contributed by atoms with Gasteiger partial charge < -0.3 is 19.5 Å². The fourth-order valence-corrected chi connectivity index (χ4v) is 4.44. The molecule has 0 heterocycles. The lowest BCUT2D eigenvalue weighted by Gasteiger charge is -2.25. The van der Waals surface area contributed by atoms with E-state index in [9.17, 15) is 14.2 Å². The van der Waals surface area contributed by atoms with E-state index in [1.807, 2.05) is 6.92 Å². The van der Waals surface area contributed by atoms with Crippen LogP contribution in [-0.4, -0.2) is 62.8 Å². The molecular formula is C26H50NO9P. The Labute approximate surface area is 223 Å². The SMILES string of the molecule is C=CCOP(=O)(OCCC)OC[C@@H](COCC[C@@H](CCCCCCC)OC(C)=O)NC(=O)OC(C)(C)C. The zero-order chi connectivity index (χ0) is 28.2. The number of amides is 1. The number of hydrogen-bond donors (Lipinski definition) is 1. The summed E-state index contributed by atoms with van der Waals surface area (Å²) < 4.78 is 45.5. The Morgan fingerprint density at radius 3 is 2.24 bits per heavy atom. The smallest absolute Gasteiger partial charge is 0.462 e. The third-order valence-electron chi connectivity index (χ3n) is 4.82. The number of ether oxygens (including phenoxy) is 3. The first-order valence-electron chi connectivity index (χ1n) is 13.3. The monoisotopic (exact) mass is 551 g/mol. The maximum atomic E-state index is 12.9. The molecule has 0 aromatic carbocycles. The van der Waals surface area contributed by atoms with E-state index in [0.717, 1.165) is 19.3 Å². The van der Waals surface area contributed by atoms with Crippen LogP contribution in [0.25, 0.3) is 0 Å². The molecule has 0 bridgehead atoms. The second-order valence-corrected chi connectivity index (χ2v) is 11.5. The molecule has 1 N–H and O–H groups in total. The summed E-state index contributed by atoms with van der Waals surface area (Å²) in [6.07, 6.45) is 8.07. The Morgan fingerprint density at radius 1 is 0.946 bits per heavy atom. The van der Waals surface area contributed by atoms with E-state index in [-0.39, 0.29) is 38.5 Å². The van der Waals surface area contributed by atoms with Gasteiger partial charge in [0.15, 0.2) is 0 Å². The van der Waals surface area contributed by atoms with Crippen molar-refractivity contribution >= 4 is 19.9 Å². The van der Waals surface area contributed by atoms with Crippen molar-refractivity contribution in [3.8, 4) is 0 Å². The number of nitrogens with one attached hydrogen (secondary N) is 1. The second kappa shape index (κ2) is 20.5. The Balaban J connectivity index is 5.00. The zero-order valence-corrected chi connectivity index (χ0v) is 24.6. The van der Waals surface area contributed by atoms with Crippen LogP contribution in [0.5, 0.6) is 0 Å². The molecule has 11 heteroatoms. The van der Waals surface area contributed by atoms with Gasteiger partial charge in [-0.3, -0.25) is 18.4 Å². The van der Waals surface area contributed by atoms with Gasteiger partial charge in [-0.05, 0) is 40.0 Å². The molecule has 1 unspecified atom stereocenters. The molecule has 0 fully saturated rings. The van der Waals surface area contributed by atoms with Gasteiger partial charge in [0.2, 0.25) is 0 Å². The van der Waals surface area contributed by atoms with Gasteiger partial charge in [0.1, 0.15) is 11.7 Å². The van der Waals surface area contributed by atoms with E-state index in [0.29, 0.717) is 19.4 Å². The molecule has 0 aliphatic carbocycles. The summed E-state index contributed by atoms with van der Waals surface area (Å²) in [4.78, 5) is 23.8. The standard InChI is InChI=1S/C26H50NO9P/c1-8-11-12-13-14-15-24(35-22(4)28)16-19-31-20-23(27-25(29)36-26(5,6)7)21-34-37(30,32-17-9-2)33-18-10-3/h9,23-24H,2,8,10-21H2,1,3-7H3,(H,27,29)/t23-,24-,37?/m1/s1. The maximum absolute atomic E-state index is 12.9. The summed E-state index contributed by atoms with van der Waals surface area (Å²) in [6.45, 7) is 14.6. The average Bonchev–Trinajstić information content (AvgIpc) is 2.80. The third-order valence-corrected chi connectivity index (χ3v) is 6.25. The largest absolute Gasteiger partial charge is 0.475 e. The van der Waals surface area contributed by atoms with E-state index < -0.39 is 25.6 Å². The molecule has 0 rings (SSSR count). The van der Waals surface area contributed by atoms with Crippen molar-refractivity contribution in [2.45, 2.75) is 111 Å². The number of phosphoric ester groups is 1. The number of carbonyl (C=O) groups is 2. The average molecular weight is 552 g/mol. The molecule has 0 aromatic heterocycles. The van der Waals surface area contributed by atoms with E-state index in [1.165, 1.54) is 32.3 Å². The van der Waals surface area contributed by atoms with Crippen LogP contribution in [0.15, 0.2) is 12.7 Å². The van der Waals surface area contributed by atoms with Gasteiger partial charge in [-0.2, -0.15) is 0 Å². The van der Waals surface area contributed by atoms with E-state index in [2.05, 4.69) is 18.8 Å². The molecule has 0 saturated heterocycles. The highest BCUT2D eigenvalue weighted by molar-refractivity contribution is 7.48. The van der Waals surface area contributed by atoms with Crippen LogP contribution >= 0.6 is 7.82 Å². The Morgan fingerprint density at radius 2 is 1.65 bits per heavy atom. The van der Waals surface area contributed by atoms with Gasteiger partial charge in [-0.15, -0.1) is 6.58 Å². The summed E-state index contributed by atoms with van der Waals surface area (Å²) in [5, 5.41) is 2.68. The number of alkyl carbamates (subject to hydrolysis) is 1. The van der Waals surface area contributed by atoms with Crippen molar-refractivity contribution in [2.24, 2.45) is 0 Å². The van der Waals surface area contributed by atoms with Gasteiger partial charge >= 0.3 is 19.9 Å². The Kier molecular flexibility index (Phi) is 19.7. The molecule has 37 heavy (non-hydrogen) atoms. The van der Waals surface area contributed by atoms with E-state index in [4.69, 9.17) is 27.8 Å². The first-order valence-corrected chi connectivity index (χ1v) is 14.8. The van der Waals surface area contributed by atoms with Crippen molar-refractivity contribution in [3.63, 3.8) is 0 Å².